The Hall–Kier alpha value is -1.06. The molecule has 1 aromatic carbocycles. The molecule has 3 nitrogen and oxygen atoms in total. The van der Waals surface area contributed by atoms with Gasteiger partial charge in [-0.25, -0.2) is 0 Å². The third kappa shape index (κ3) is 2.99. The molecule has 0 aromatic heterocycles. The summed E-state index contributed by atoms with van der Waals surface area (Å²) in [4.78, 5) is 12.0. The summed E-state index contributed by atoms with van der Waals surface area (Å²) < 4.78 is 5.39. The first-order valence-corrected chi connectivity index (χ1v) is 7.68. The standard InChI is InChI=1S/C16H20ClNO2/c17-13-4-2-1-3-12(13)5-6-15(19)18-14-11-16(14)7-9-20-10-8-16/h1-4,14H,5-11H2,(H,18,19)/t14-/m0/s1. The third-order valence-electron chi connectivity index (χ3n) is 4.59. The van der Waals surface area contributed by atoms with E-state index >= 15 is 0 Å². The van der Waals surface area contributed by atoms with Crippen LogP contribution in [-0.4, -0.2) is 25.2 Å². The van der Waals surface area contributed by atoms with E-state index in [1.807, 2.05) is 24.3 Å². The molecule has 0 unspecified atom stereocenters. The fraction of sp³-hybridized carbons (Fsp3) is 0.562. The molecule has 108 valence electrons. The number of nitrogens with one attached hydrogen (secondary N) is 1. The normalized spacial score (nSPS) is 23.6. The summed E-state index contributed by atoms with van der Waals surface area (Å²) in [5.41, 5.74) is 1.39. The number of ether oxygens (including phenoxy) is 1. The molecule has 2 fully saturated rings. The summed E-state index contributed by atoms with van der Waals surface area (Å²) in [6.07, 6.45) is 4.50. The highest BCUT2D eigenvalue weighted by Gasteiger charge is 2.54. The Labute approximate surface area is 124 Å². The van der Waals surface area contributed by atoms with Gasteiger partial charge in [0.25, 0.3) is 0 Å². The fourth-order valence-electron chi connectivity index (χ4n) is 3.10. The molecule has 1 aliphatic heterocycles. The molecule has 4 heteroatoms. The van der Waals surface area contributed by atoms with Crippen LogP contribution < -0.4 is 5.32 Å². The lowest BCUT2D eigenvalue weighted by molar-refractivity contribution is -0.121. The fourth-order valence-corrected chi connectivity index (χ4v) is 3.33. The Balaban J connectivity index is 1.46. The number of carbonyl (C=O) groups excluding carboxylic acids is 1. The molecule has 1 spiro atoms. The van der Waals surface area contributed by atoms with Crippen molar-refractivity contribution in [1.29, 1.82) is 0 Å². The summed E-state index contributed by atoms with van der Waals surface area (Å²) in [7, 11) is 0. The molecule has 3 rings (SSSR count). The number of benzene rings is 1. The summed E-state index contributed by atoms with van der Waals surface area (Å²) in [5.74, 6) is 0.137. The topological polar surface area (TPSA) is 38.3 Å². The van der Waals surface area contributed by atoms with Gasteiger partial charge < -0.3 is 10.1 Å². The first kappa shape index (κ1) is 13.9. The molecule has 20 heavy (non-hydrogen) atoms. The molecular weight excluding hydrogens is 274 g/mol. The van der Waals surface area contributed by atoms with Crippen LogP contribution in [0.1, 0.15) is 31.2 Å². The molecule has 2 aliphatic rings. The van der Waals surface area contributed by atoms with Crippen LogP contribution >= 0.6 is 11.6 Å². The average molecular weight is 294 g/mol. The Morgan fingerprint density at radius 3 is 2.85 bits per heavy atom. The monoisotopic (exact) mass is 293 g/mol. The van der Waals surface area contributed by atoms with Crippen LogP contribution in [0.4, 0.5) is 0 Å². The number of aryl methyl sites for hydroxylation is 1. The molecule has 1 aliphatic carbocycles. The van der Waals surface area contributed by atoms with Gasteiger partial charge in [-0.1, -0.05) is 29.8 Å². The first-order chi connectivity index (χ1) is 9.70. The Morgan fingerprint density at radius 1 is 1.35 bits per heavy atom. The number of rotatable bonds is 4. The maximum atomic E-state index is 12.0. The van der Waals surface area contributed by atoms with E-state index in [0.717, 1.165) is 43.1 Å². The molecule has 1 amide bonds. The van der Waals surface area contributed by atoms with E-state index < -0.39 is 0 Å². The zero-order valence-corrected chi connectivity index (χ0v) is 12.3. The van der Waals surface area contributed by atoms with Gasteiger partial charge in [0.05, 0.1) is 0 Å². The van der Waals surface area contributed by atoms with Gasteiger partial charge in [0.1, 0.15) is 0 Å². The number of halogens is 1. The van der Waals surface area contributed by atoms with Gasteiger partial charge in [0, 0.05) is 30.7 Å². The van der Waals surface area contributed by atoms with E-state index in [0.29, 0.717) is 24.3 Å². The van der Waals surface area contributed by atoms with Crippen LogP contribution in [0, 0.1) is 5.41 Å². The molecule has 1 aromatic rings. The third-order valence-corrected chi connectivity index (χ3v) is 4.96. The van der Waals surface area contributed by atoms with E-state index in [4.69, 9.17) is 16.3 Å². The minimum atomic E-state index is 0.137. The van der Waals surface area contributed by atoms with Crippen molar-refractivity contribution in [2.75, 3.05) is 13.2 Å². The van der Waals surface area contributed by atoms with Crippen molar-refractivity contribution < 1.29 is 9.53 Å². The Kier molecular flexibility index (Phi) is 3.99. The number of hydrogen-bond acceptors (Lipinski definition) is 2. The highest BCUT2D eigenvalue weighted by Crippen LogP contribution is 2.53. The van der Waals surface area contributed by atoms with Crippen LogP contribution in [0.25, 0.3) is 0 Å². The van der Waals surface area contributed by atoms with Crippen LogP contribution in [-0.2, 0) is 16.0 Å². The van der Waals surface area contributed by atoms with Gasteiger partial charge in [0.2, 0.25) is 5.91 Å². The lowest BCUT2D eigenvalue weighted by Gasteiger charge is -2.22. The highest BCUT2D eigenvalue weighted by atomic mass is 35.5. The molecule has 1 saturated carbocycles. The number of carbonyl (C=O) groups is 1. The molecule has 0 radical (unpaired) electrons. The van der Waals surface area contributed by atoms with Gasteiger partial charge in [-0.3, -0.25) is 4.79 Å². The number of hydrogen-bond donors (Lipinski definition) is 1. The van der Waals surface area contributed by atoms with Crippen molar-refractivity contribution in [3.05, 3.63) is 34.9 Å². The second-order valence-electron chi connectivity index (χ2n) is 5.89. The summed E-state index contributed by atoms with van der Waals surface area (Å²) >= 11 is 6.10. The van der Waals surface area contributed by atoms with Gasteiger partial charge in [-0.2, -0.15) is 0 Å². The minimum Gasteiger partial charge on any atom is -0.381 e. The van der Waals surface area contributed by atoms with Gasteiger partial charge in [-0.05, 0) is 42.7 Å². The predicted molar refractivity (Wildman–Crippen MR) is 78.8 cm³/mol. The summed E-state index contributed by atoms with van der Waals surface area (Å²) in [6, 6.07) is 8.08. The highest BCUT2D eigenvalue weighted by molar-refractivity contribution is 6.31. The van der Waals surface area contributed by atoms with E-state index in [2.05, 4.69) is 5.32 Å². The maximum Gasteiger partial charge on any atom is 0.220 e. The average Bonchev–Trinajstić information content (AvgIpc) is 3.10. The maximum absolute atomic E-state index is 12.0. The van der Waals surface area contributed by atoms with Gasteiger partial charge in [-0.15, -0.1) is 0 Å². The summed E-state index contributed by atoms with van der Waals surface area (Å²) in [5, 5.41) is 3.91. The first-order valence-electron chi connectivity index (χ1n) is 7.30. The van der Waals surface area contributed by atoms with Crippen molar-refractivity contribution >= 4 is 17.5 Å². The second kappa shape index (κ2) is 5.74. The predicted octanol–water partition coefficient (Wildman–Crippen LogP) is 2.96. The van der Waals surface area contributed by atoms with E-state index in [9.17, 15) is 4.79 Å². The van der Waals surface area contributed by atoms with Crippen LogP contribution in [0.15, 0.2) is 24.3 Å². The van der Waals surface area contributed by atoms with E-state index in [1.165, 1.54) is 0 Å². The lowest BCUT2D eigenvalue weighted by atomic mass is 9.96. The lowest BCUT2D eigenvalue weighted by Crippen LogP contribution is -2.32. The molecule has 1 atom stereocenters. The van der Waals surface area contributed by atoms with E-state index in [-0.39, 0.29) is 5.91 Å². The Morgan fingerprint density at radius 2 is 2.10 bits per heavy atom. The zero-order valence-electron chi connectivity index (χ0n) is 11.5. The van der Waals surface area contributed by atoms with Crippen LogP contribution in [0.2, 0.25) is 5.02 Å². The smallest absolute Gasteiger partial charge is 0.220 e. The van der Waals surface area contributed by atoms with Crippen molar-refractivity contribution in [3.8, 4) is 0 Å². The van der Waals surface area contributed by atoms with E-state index in [1.54, 1.807) is 0 Å². The van der Waals surface area contributed by atoms with Crippen molar-refractivity contribution in [3.63, 3.8) is 0 Å². The van der Waals surface area contributed by atoms with Crippen molar-refractivity contribution in [1.82, 2.24) is 5.32 Å². The SMILES string of the molecule is O=C(CCc1ccccc1Cl)N[C@H]1CC12CCOCC2. The second-order valence-corrected chi connectivity index (χ2v) is 6.30. The van der Waals surface area contributed by atoms with Crippen LogP contribution in [0.3, 0.4) is 0 Å². The quantitative estimate of drug-likeness (QED) is 0.927. The summed E-state index contributed by atoms with van der Waals surface area (Å²) in [6.45, 7) is 1.68. The van der Waals surface area contributed by atoms with Gasteiger partial charge >= 0.3 is 0 Å². The van der Waals surface area contributed by atoms with Crippen LogP contribution in [0.5, 0.6) is 0 Å². The minimum absolute atomic E-state index is 0.137. The van der Waals surface area contributed by atoms with Crippen molar-refractivity contribution in [2.45, 2.75) is 38.1 Å². The van der Waals surface area contributed by atoms with Crippen molar-refractivity contribution in [2.24, 2.45) is 5.41 Å². The molecule has 0 bridgehead atoms. The zero-order chi connectivity index (χ0) is 14.0. The Bertz CT molecular complexity index is 497. The van der Waals surface area contributed by atoms with Gasteiger partial charge in [0.15, 0.2) is 0 Å². The molecule has 1 heterocycles. The molecular formula is C16H20ClNO2. The molecule has 1 N–H and O–H groups in total. The molecule has 1 saturated heterocycles. The number of amides is 1. The largest absolute Gasteiger partial charge is 0.381 e.